The van der Waals surface area contributed by atoms with Crippen LogP contribution in [0.25, 0.3) is 0 Å². The second-order valence-corrected chi connectivity index (χ2v) is 5.19. The zero-order valence-electron chi connectivity index (χ0n) is 10.6. The highest BCUT2D eigenvalue weighted by Crippen LogP contribution is 2.22. The second kappa shape index (κ2) is 5.04. The molecule has 2 aliphatic heterocycles. The highest BCUT2D eigenvalue weighted by molar-refractivity contribution is 6.35. The summed E-state index contributed by atoms with van der Waals surface area (Å²) in [4.78, 5) is 27.6. The molecule has 5 heteroatoms. The van der Waals surface area contributed by atoms with Gasteiger partial charge in [-0.2, -0.15) is 0 Å². The van der Waals surface area contributed by atoms with Crippen molar-refractivity contribution in [3.8, 4) is 0 Å². The molecule has 2 unspecified atom stereocenters. The van der Waals surface area contributed by atoms with Crippen molar-refractivity contribution < 1.29 is 9.59 Å². The first-order valence-electron chi connectivity index (χ1n) is 6.40. The van der Waals surface area contributed by atoms with Gasteiger partial charge < -0.3 is 15.1 Å². The first-order chi connectivity index (χ1) is 8.09. The number of amides is 2. The fourth-order valence-corrected chi connectivity index (χ4v) is 2.71. The van der Waals surface area contributed by atoms with E-state index in [2.05, 4.69) is 12.2 Å². The molecule has 17 heavy (non-hydrogen) atoms. The molecule has 2 aliphatic rings. The maximum Gasteiger partial charge on any atom is 0.312 e. The third-order valence-corrected chi connectivity index (χ3v) is 3.63. The molecule has 2 atom stereocenters. The van der Waals surface area contributed by atoms with Crippen LogP contribution in [-0.4, -0.2) is 60.4 Å². The molecular formula is C12H21N3O2. The number of likely N-dealkylation sites (tertiary alicyclic amines) is 1. The predicted molar refractivity (Wildman–Crippen MR) is 64.4 cm³/mol. The van der Waals surface area contributed by atoms with Gasteiger partial charge in [-0.1, -0.05) is 6.92 Å². The fourth-order valence-electron chi connectivity index (χ4n) is 2.71. The van der Waals surface area contributed by atoms with E-state index in [0.717, 1.165) is 26.1 Å². The number of carbonyl (C=O) groups is 2. The van der Waals surface area contributed by atoms with E-state index in [1.807, 2.05) is 6.92 Å². The molecule has 0 aromatic carbocycles. The molecular weight excluding hydrogens is 218 g/mol. The van der Waals surface area contributed by atoms with Crippen LogP contribution in [0.1, 0.15) is 20.3 Å². The lowest BCUT2D eigenvalue weighted by Crippen LogP contribution is -2.52. The lowest BCUT2D eigenvalue weighted by atomic mass is 10.1. The number of carbonyl (C=O) groups excluding carboxylic acids is 2. The van der Waals surface area contributed by atoms with Crippen LogP contribution < -0.4 is 5.32 Å². The molecule has 5 nitrogen and oxygen atoms in total. The van der Waals surface area contributed by atoms with Crippen molar-refractivity contribution in [1.82, 2.24) is 15.1 Å². The molecule has 0 aromatic rings. The van der Waals surface area contributed by atoms with E-state index >= 15 is 0 Å². The first kappa shape index (κ1) is 12.4. The van der Waals surface area contributed by atoms with E-state index in [1.54, 1.807) is 9.80 Å². The highest BCUT2D eigenvalue weighted by Gasteiger charge is 2.35. The summed E-state index contributed by atoms with van der Waals surface area (Å²) in [6, 6.07) is 0.198. The van der Waals surface area contributed by atoms with Crippen LogP contribution in [0.5, 0.6) is 0 Å². The van der Waals surface area contributed by atoms with Gasteiger partial charge in [0.15, 0.2) is 0 Å². The molecule has 2 fully saturated rings. The molecule has 2 saturated heterocycles. The number of rotatable bonds is 0. The summed E-state index contributed by atoms with van der Waals surface area (Å²) < 4.78 is 0. The lowest BCUT2D eigenvalue weighted by Gasteiger charge is -2.29. The van der Waals surface area contributed by atoms with Crippen LogP contribution in [0.4, 0.5) is 0 Å². The largest absolute Gasteiger partial charge is 0.332 e. The Balaban J connectivity index is 1.97. The van der Waals surface area contributed by atoms with Crippen molar-refractivity contribution in [1.29, 1.82) is 0 Å². The standard InChI is InChI=1S/C12H21N3O2/c1-9-7-10(2)15(8-9)12(17)11(16)14-5-3-13-4-6-14/h9-10,13H,3-8H2,1-2H3. The molecule has 0 aliphatic carbocycles. The van der Waals surface area contributed by atoms with Gasteiger partial charge in [0.2, 0.25) is 0 Å². The van der Waals surface area contributed by atoms with Crippen LogP contribution >= 0.6 is 0 Å². The smallest absolute Gasteiger partial charge is 0.312 e. The molecule has 0 bridgehead atoms. The van der Waals surface area contributed by atoms with Gasteiger partial charge in [0.1, 0.15) is 0 Å². The van der Waals surface area contributed by atoms with Crippen LogP contribution in [0, 0.1) is 5.92 Å². The quantitative estimate of drug-likeness (QED) is 0.589. The number of hydrogen-bond donors (Lipinski definition) is 1. The molecule has 0 spiro atoms. The monoisotopic (exact) mass is 239 g/mol. The first-order valence-corrected chi connectivity index (χ1v) is 6.40. The fraction of sp³-hybridized carbons (Fsp3) is 0.833. The number of piperazine rings is 1. The summed E-state index contributed by atoms with van der Waals surface area (Å²) >= 11 is 0. The van der Waals surface area contributed by atoms with Crippen molar-refractivity contribution in [3.63, 3.8) is 0 Å². The molecule has 0 saturated carbocycles. The van der Waals surface area contributed by atoms with E-state index in [9.17, 15) is 9.59 Å². The van der Waals surface area contributed by atoms with Crippen LogP contribution in [0.2, 0.25) is 0 Å². The lowest BCUT2D eigenvalue weighted by molar-refractivity contribution is -0.152. The number of nitrogens with zero attached hydrogens (tertiary/aromatic N) is 2. The number of hydrogen-bond acceptors (Lipinski definition) is 3. The van der Waals surface area contributed by atoms with E-state index in [1.165, 1.54) is 0 Å². The third kappa shape index (κ3) is 2.60. The van der Waals surface area contributed by atoms with E-state index in [0.29, 0.717) is 19.0 Å². The van der Waals surface area contributed by atoms with Crippen molar-refractivity contribution in [2.75, 3.05) is 32.7 Å². The van der Waals surface area contributed by atoms with Gasteiger partial charge in [-0.3, -0.25) is 9.59 Å². The third-order valence-electron chi connectivity index (χ3n) is 3.63. The Kier molecular flexibility index (Phi) is 3.66. The molecule has 2 heterocycles. The van der Waals surface area contributed by atoms with Gasteiger partial charge in [0.25, 0.3) is 0 Å². The Labute approximate surface area is 102 Å². The van der Waals surface area contributed by atoms with Gasteiger partial charge in [0.05, 0.1) is 0 Å². The molecule has 2 rings (SSSR count). The maximum absolute atomic E-state index is 12.1. The van der Waals surface area contributed by atoms with E-state index in [4.69, 9.17) is 0 Å². The molecule has 96 valence electrons. The van der Waals surface area contributed by atoms with Gasteiger partial charge >= 0.3 is 11.8 Å². The topological polar surface area (TPSA) is 52.7 Å². The summed E-state index contributed by atoms with van der Waals surface area (Å²) in [6.07, 6.45) is 1.00. The molecule has 0 aromatic heterocycles. The molecule has 1 N–H and O–H groups in total. The molecule has 2 amide bonds. The highest BCUT2D eigenvalue weighted by atomic mass is 16.2. The Morgan fingerprint density at radius 2 is 1.76 bits per heavy atom. The summed E-state index contributed by atoms with van der Waals surface area (Å²) in [6.45, 7) is 7.71. The van der Waals surface area contributed by atoms with Gasteiger partial charge in [-0.15, -0.1) is 0 Å². The Morgan fingerprint density at radius 3 is 2.29 bits per heavy atom. The Hall–Kier alpha value is -1.10. The number of nitrogens with one attached hydrogen (secondary N) is 1. The minimum Gasteiger partial charge on any atom is -0.332 e. The summed E-state index contributed by atoms with van der Waals surface area (Å²) in [5.74, 6) is -0.138. The summed E-state index contributed by atoms with van der Waals surface area (Å²) in [5.41, 5.74) is 0. The second-order valence-electron chi connectivity index (χ2n) is 5.19. The van der Waals surface area contributed by atoms with Crippen LogP contribution in [-0.2, 0) is 9.59 Å². The average molecular weight is 239 g/mol. The average Bonchev–Trinajstić information content (AvgIpc) is 2.68. The minimum absolute atomic E-state index is 0.198. The van der Waals surface area contributed by atoms with Gasteiger partial charge in [-0.05, 0) is 19.3 Å². The predicted octanol–water partition coefficient (Wildman–Crippen LogP) is -0.325. The van der Waals surface area contributed by atoms with Crippen LogP contribution in [0.15, 0.2) is 0 Å². The van der Waals surface area contributed by atoms with Crippen molar-refractivity contribution >= 4 is 11.8 Å². The van der Waals surface area contributed by atoms with Crippen molar-refractivity contribution in [2.24, 2.45) is 5.92 Å². The zero-order chi connectivity index (χ0) is 12.4. The van der Waals surface area contributed by atoms with E-state index < -0.39 is 0 Å². The van der Waals surface area contributed by atoms with E-state index in [-0.39, 0.29) is 17.9 Å². The summed E-state index contributed by atoms with van der Waals surface area (Å²) in [5, 5.41) is 3.18. The molecule has 0 radical (unpaired) electrons. The van der Waals surface area contributed by atoms with Crippen LogP contribution in [0.3, 0.4) is 0 Å². The summed E-state index contributed by atoms with van der Waals surface area (Å²) in [7, 11) is 0. The Morgan fingerprint density at radius 1 is 1.12 bits per heavy atom. The normalized spacial score (nSPS) is 29.5. The minimum atomic E-state index is -0.326. The van der Waals surface area contributed by atoms with Gasteiger partial charge in [0, 0.05) is 38.8 Å². The van der Waals surface area contributed by atoms with Crippen molar-refractivity contribution in [3.05, 3.63) is 0 Å². The maximum atomic E-state index is 12.1. The Bertz CT molecular complexity index is 313. The SMILES string of the molecule is CC1CC(C)N(C(=O)C(=O)N2CCNCC2)C1. The van der Waals surface area contributed by atoms with Gasteiger partial charge in [-0.25, -0.2) is 0 Å². The zero-order valence-corrected chi connectivity index (χ0v) is 10.6. The van der Waals surface area contributed by atoms with Crippen molar-refractivity contribution in [2.45, 2.75) is 26.3 Å².